The maximum atomic E-state index is 9.84. The first-order valence-electron chi connectivity index (χ1n) is 2.07. The van der Waals surface area contributed by atoms with Gasteiger partial charge in [0.1, 0.15) is 0 Å². The molecule has 1 atom stereocenters. The van der Waals surface area contributed by atoms with E-state index in [1.54, 1.807) is 0 Å². The summed E-state index contributed by atoms with van der Waals surface area (Å²) in [7, 11) is 0. The standard InChI is InChI=1S/C4H8O4.Li.H/c1-4(8,2-5)3(6)7;;/h5,8H,2H2,1H3,(H,6,7);;/q;+1;-1/t4-;;/m1../s1. The van der Waals surface area contributed by atoms with Gasteiger partial charge in [-0.1, -0.05) is 0 Å². The first-order valence-corrected chi connectivity index (χ1v) is 2.07. The van der Waals surface area contributed by atoms with Gasteiger partial charge in [-0.15, -0.1) is 0 Å². The third kappa shape index (κ3) is 3.54. The Hall–Kier alpha value is -0.0126. The van der Waals surface area contributed by atoms with Crippen molar-refractivity contribution in [2.75, 3.05) is 6.61 Å². The number of carboxylic acids is 1. The van der Waals surface area contributed by atoms with E-state index < -0.39 is 18.2 Å². The van der Waals surface area contributed by atoms with Crippen LogP contribution in [-0.2, 0) is 4.79 Å². The fourth-order valence-corrected chi connectivity index (χ4v) is 0.0676. The number of hydrogen-bond acceptors (Lipinski definition) is 3. The second-order valence-corrected chi connectivity index (χ2v) is 1.74. The van der Waals surface area contributed by atoms with E-state index in [9.17, 15) is 4.79 Å². The minimum atomic E-state index is -1.99. The number of rotatable bonds is 2. The third-order valence-electron chi connectivity index (χ3n) is 0.769. The molecule has 0 fully saturated rings. The normalized spacial score (nSPS) is 15.4. The molecule has 0 rings (SSSR count). The molecular weight excluding hydrogens is 119 g/mol. The van der Waals surface area contributed by atoms with Gasteiger partial charge in [-0.2, -0.15) is 0 Å². The molecule has 0 spiro atoms. The van der Waals surface area contributed by atoms with Crippen molar-refractivity contribution in [3.05, 3.63) is 0 Å². The van der Waals surface area contributed by atoms with Gasteiger partial charge in [0.15, 0.2) is 5.60 Å². The van der Waals surface area contributed by atoms with Crippen molar-refractivity contribution in [2.45, 2.75) is 12.5 Å². The van der Waals surface area contributed by atoms with Crippen molar-refractivity contribution in [1.29, 1.82) is 0 Å². The van der Waals surface area contributed by atoms with E-state index in [0.29, 0.717) is 0 Å². The van der Waals surface area contributed by atoms with Crippen LogP contribution in [0.3, 0.4) is 0 Å². The Kier molecular flexibility index (Phi) is 5.10. The van der Waals surface area contributed by atoms with Crippen LogP contribution < -0.4 is 18.9 Å². The molecule has 0 saturated heterocycles. The Morgan fingerprint density at radius 2 is 2.11 bits per heavy atom. The van der Waals surface area contributed by atoms with Crippen LogP contribution in [0, 0.1) is 0 Å². The van der Waals surface area contributed by atoms with Crippen molar-refractivity contribution in [2.24, 2.45) is 0 Å². The zero-order chi connectivity index (χ0) is 6.78. The molecule has 0 bridgehead atoms. The molecule has 0 unspecified atom stereocenters. The minimum Gasteiger partial charge on any atom is -1.00 e. The third-order valence-corrected chi connectivity index (χ3v) is 0.769. The maximum absolute atomic E-state index is 9.84. The van der Waals surface area contributed by atoms with Gasteiger partial charge in [0.25, 0.3) is 0 Å². The zero-order valence-electron chi connectivity index (χ0n) is 6.46. The van der Waals surface area contributed by atoms with Crippen molar-refractivity contribution in [3.63, 3.8) is 0 Å². The van der Waals surface area contributed by atoms with Crippen LogP contribution in [0.1, 0.15) is 8.35 Å². The number of aliphatic carboxylic acids is 1. The van der Waals surface area contributed by atoms with Gasteiger partial charge in [0.05, 0.1) is 6.61 Å². The molecule has 0 aromatic carbocycles. The number of aliphatic hydroxyl groups excluding tert-OH is 1. The molecule has 50 valence electrons. The number of aliphatic hydroxyl groups is 2. The van der Waals surface area contributed by atoms with Crippen molar-refractivity contribution in [3.8, 4) is 0 Å². The van der Waals surface area contributed by atoms with Gasteiger partial charge in [-0.25, -0.2) is 4.79 Å². The second kappa shape index (κ2) is 3.91. The molecule has 9 heavy (non-hydrogen) atoms. The van der Waals surface area contributed by atoms with Crippen LogP contribution in [0.4, 0.5) is 0 Å². The number of hydrogen-bond donors (Lipinski definition) is 3. The molecule has 3 N–H and O–H groups in total. The first kappa shape index (κ1) is 11.7. The average Bonchev–Trinajstić information content (AvgIpc) is 1.67. The fraction of sp³-hybridized carbons (Fsp3) is 0.750. The van der Waals surface area contributed by atoms with E-state index in [-0.39, 0.29) is 20.3 Å². The van der Waals surface area contributed by atoms with E-state index in [0.717, 1.165) is 6.92 Å². The number of carbonyl (C=O) groups is 1. The molecule has 0 aromatic heterocycles. The molecule has 0 heterocycles. The quantitative estimate of drug-likeness (QED) is 0.330. The summed E-state index contributed by atoms with van der Waals surface area (Å²) in [6.07, 6.45) is 0. The Bertz CT molecular complexity index is 105. The van der Waals surface area contributed by atoms with E-state index in [2.05, 4.69) is 0 Å². The van der Waals surface area contributed by atoms with Crippen LogP contribution in [0.2, 0.25) is 0 Å². The average molecular weight is 128 g/mol. The predicted octanol–water partition coefficient (Wildman–Crippen LogP) is -4.07. The zero-order valence-corrected chi connectivity index (χ0v) is 5.46. The van der Waals surface area contributed by atoms with Crippen molar-refractivity contribution >= 4 is 5.97 Å². The van der Waals surface area contributed by atoms with Crippen molar-refractivity contribution in [1.82, 2.24) is 0 Å². The monoisotopic (exact) mass is 128 g/mol. The molecule has 0 radical (unpaired) electrons. The predicted molar refractivity (Wildman–Crippen MR) is 26.5 cm³/mol. The molecule has 0 aromatic rings. The second-order valence-electron chi connectivity index (χ2n) is 1.74. The molecule has 0 aliphatic heterocycles. The first-order chi connectivity index (χ1) is 3.50. The summed E-state index contributed by atoms with van der Waals surface area (Å²) in [6.45, 7) is 0.262. The van der Waals surface area contributed by atoms with Crippen LogP contribution in [0.15, 0.2) is 0 Å². The molecule has 0 saturated carbocycles. The summed E-state index contributed by atoms with van der Waals surface area (Å²) in [5.74, 6) is -1.42. The topological polar surface area (TPSA) is 77.8 Å². The van der Waals surface area contributed by atoms with Gasteiger partial charge in [-0.05, 0) is 6.92 Å². The Morgan fingerprint density at radius 1 is 1.78 bits per heavy atom. The molecule has 0 aliphatic carbocycles. The van der Waals surface area contributed by atoms with Crippen molar-refractivity contribution < 1.29 is 40.4 Å². The van der Waals surface area contributed by atoms with Crippen LogP contribution in [-0.4, -0.2) is 33.5 Å². The summed E-state index contributed by atoms with van der Waals surface area (Å²) < 4.78 is 0. The van der Waals surface area contributed by atoms with Crippen LogP contribution >= 0.6 is 0 Å². The Balaban J connectivity index is -0.000000245. The summed E-state index contributed by atoms with van der Waals surface area (Å²) >= 11 is 0. The van der Waals surface area contributed by atoms with Gasteiger partial charge in [0, 0.05) is 0 Å². The summed E-state index contributed by atoms with van der Waals surface area (Å²) in [5, 5.41) is 24.7. The molecule has 0 aliphatic rings. The molecule has 4 nitrogen and oxygen atoms in total. The summed E-state index contributed by atoms with van der Waals surface area (Å²) in [6, 6.07) is 0. The molecular formula is C4H9LiO4. The maximum Gasteiger partial charge on any atom is 1.00 e. The van der Waals surface area contributed by atoms with Gasteiger partial charge in [-0.3, -0.25) is 0 Å². The van der Waals surface area contributed by atoms with E-state index in [1.165, 1.54) is 0 Å². The molecule has 0 amide bonds. The number of carboxylic acid groups (broad SMARTS) is 1. The van der Waals surface area contributed by atoms with Crippen LogP contribution in [0.5, 0.6) is 0 Å². The van der Waals surface area contributed by atoms with Gasteiger partial charge < -0.3 is 16.7 Å². The molecule has 5 heteroatoms. The largest absolute Gasteiger partial charge is 1.00 e. The van der Waals surface area contributed by atoms with Gasteiger partial charge >= 0.3 is 24.8 Å². The van der Waals surface area contributed by atoms with Crippen LogP contribution in [0.25, 0.3) is 0 Å². The van der Waals surface area contributed by atoms with E-state index in [4.69, 9.17) is 15.3 Å². The van der Waals surface area contributed by atoms with E-state index in [1.807, 2.05) is 0 Å². The van der Waals surface area contributed by atoms with E-state index >= 15 is 0 Å². The fourth-order valence-electron chi connectivity index (χ4n) is 0.0676. The van der Waals surface area contributed by atoms with Gasteiger partial charge in [0.2, 0.25) is 0 Å². The Labute approximate surface area is 66.2 Å². The summed E-state index contributed by atoms with van der Waals surface area (Å²) in [5.41, 5.74) is -1.99. The minimum absolute atomic E-state index is 0. The SMILES string of the molecule is C[C@@](O)(CO)C(=O)O.[H-].[Li+]. The smallest absolute Gasteiger partial charge is 1.00 e. The Morgan fingerprint density at radius 3 is 2.11 bits per heavy atom. The summed E-state index contributed by atoms with van der Waals surface area (Å²) in [4.78, 5) is 9.84.